The van der Waals surface area contributed by atoms with Gasteiger partial charge in [0.1, 0.15) is 11.5 Å². The van der Waals surface area contributed by atoms with E-state index in [9.17, 15) is 4.79 Å². The zero-order chi connectivity index (χ0) is 12.8. The summed E-state index contributed by atoms with van der Waals surface area (Å²) in [6.07, 6.45) is 0. The highest BCUT2D eigenvalue weighted by atomic mass is 16.2. The number of nitrogens with two attached hydrogens (primary N) is 1. The number of nitrogens with zero attached hydrogens (tertiary/aromatic N) is 1. The van der Waals surface area contributed by atoms with Crippen molar-refractivity contribution in [2.45, 2.75) is 31.8 Å². The lowest BCUT2D eigenvalue weighted by atomic mass is 10.1. The fourth-order valence-corrected chi connectivity index (χ4v) is 1.81. The van der Waals surface area contributed by atoms with E-state index in [1.54, 1.807) is 19.0 Å². The molecule has 0 aromatic rings. The zero-order valence-electron chi connectivity index (χ0n) is 10.6. The molecule has 17 heavy (non-hydrogen) atoms. The highest BCUT2D eigenvalue weighted by Gasteiger charge is 2.40. The standard InChI is InChI=1S/C10H20N6O/c1-5-6(2)13-8-7(12-5)9(17)15-10(11,14-8)16(3)4/h5-6,12-14H,11H2,1-4H3,(H,15,17). The largest absolute Gasteiger partial charge is 0.373 e. The van der Waals surface area contributed by atoms with Crippen molar-refractivity contribution in [2.24, 2.45) is 5.73 Å². The summed E-state index contributed by atoms with van der Waals surface area (Å²) < 4.78 is 0. The molecule has 96 valence electrons. The summed E-state index contributed by atoms with van der Waals surface area (Å²) in [6.45, 7) is 4.06. The maximum Gasteiger partial charge on any atom is 0.275 e. The van der Waals surface area contributed by atoms with Crippen molar-refractivity contribution >= 4 is 5.91 Å². The van der Waals surface area contributed by atoms with E-state index in [1.807, 2.05) is 13.8 Å². The Hall–Kier alpha value is -1.47. The van der Waals surface area contributed by atoms with Gasteiger partial charge >= 0.3 is 0 Å². The molecule has 0 fully saturated rings. The van der Waals surface area contributed by atoms with E-state index >= 15 is 0 Å². The molecule has 0 spiro atoms. The fraction of sp³-hybridized carbons (Fsp3) is 0.700. The molecule has 7 nitrogen and oxygen atoms in total. The SMILES string of the molecule is CC1NC2=C(NC1C)C(=O)NC(N)(N(C)C)N2. The lowest BCUT2D eigenvalue weighted by molar-refractivity contribution is -0.124. The van der Waals surface area contributed by atoms with Crippen LogP contribution in [0.1, 0.15) is 13.8 Å². The van der Waals surface area contributed by atoms with Crippen molar-refractivity contribution in [2.75, 3.05) is 14.1 Å². The van der Waals surface area contributed by atoms with Gasteiger partial charge in [0.2, 0.25) is 5.91 Å². The van der Waals surface area contributed by atoms with E-state index in [0.717, 1.165) is 0 Å². The highest BCUT2D eigenvalue weighted by molar-refractivity contribution is 5.95. The average Bonchev–Trinajstić information content (AvgIpc) is 2.21. The smallest absolute Gasteiger partial charge is 0.275 e. The number of nitrogens with one attached hydrogen (secondary N) is 4. The Morgan fingerprint density at radius 2 is 1.76 bits per heavy atom. The van der Waals surface area contributed by atoms with Crippen molar-refractivity contribution in [3.63, 3.8) is 0 Å². The molecule has 6 N–H and O–H groups in total. The number of amides is 1. The Morgan fingerprint density at radius 1 is 1.18 bits per heavy atom. The normalized spacial score (nSPS) is 36.7. The summed E-state index contributed by atoms with van der Waals surface area (Å²) >= 11 is 0. The van der Waals surface area contributed by atoms with Crippen LogP contribution in [-0.2, 0) is 4.79 Å². The van der Waals surface area contributed by atoms with Crippen LogP contribution < -0.4 is 27.0 Å². The number of hydrogen-bond donors (Lipinski definition) is 5. The van der Waals surface area contributed by atoms with E-state index < -0.39 is 5.91 Å². The molecule has 2 rings (SSSR count). The summed E-state index contributed by atoms with van der Waals surface area (Å²) in [5, 5.41) is 12.2. The van der Waals surface area contributed by atoms with Crippen LogP contribution in [0.3, 0.4) is 0 Å². The molecule has 0 aromatic carbocycles. The molecular formula is C10H20N6O. The molecule has 7 heteroatoms. The van der Waals surface area contributed by atoms with Crippen LogP contribution >= 0.6 is 0 Å². The van der Waals surface area contributed by atoms with Gasteiger partial charge in [-0.05, 0) is 27.9 Å². The number of carbonyl (C=O) groups excluding carboxylic acids is 1. The molecule has 0 bridgehead atoms. The van der Waals surface area contributed by atoms with Crippen molar-refractivity contribution in [3.05, 3.63) is 11.5 Å². The third-order valence-corrected chi connectivity index (χ3v) is 3.30. The first kappa shape index (κ1) is 12.0. The second-order valence-corrected chi connectivity index (χ2v) is 4.86. The van der Waals surface area contributed by atoms with Crippen LogP contribution in [0.25, 0.3) is 0 Å². The van der Waals surface area contributed by atoms with Crippen molar-refractivity contribution in [3.8, 4) is 0 Å². The Morgan fingerprint density at radius 3 is 2.35 bits per heavy atom. The van der Waals surface area contributed by atoms with E-state index in [4.69, 9.17) is 5.73 Å². The number of hydrogen-bond acceptors (Lipinski definition) is 6. The monoisotopic (exact) mass is 240 g/mol. The minimum atomic E-state index is -1.06. The van der Waals surface area contributed by atoms with Crippen LogP contribution in [-0.4, -0.2) is 42.9 Å². The Kier molecular flexibility index (Phi) is 2.67. The van der Waals surface area contributed by atoms with Gasteiger partial charge in [0.25, 0.3) is 5.91 Å². The van der Waals surface area contributed by atoms with Gasteiger partial charge in [0.05, 0.1) is 0 Å². The van der Waals surface area contributed by atoms with Crippen LogP contribution in [0.4, 0.5) is 0 Å². The van der Waals surface area contributed by atoms with E-state index in [0.29, 0.717) is 11.5 Å². The van der Waals surface area contributed by atoms with Crippen LogP contribution in [0, 0.1) is 0 Å². The highest BCUT2D eigenvalue weighted by Crippen LogP contribution is 2.15. The number of rotatable bonds is 1. The molecule has 0 radical (unpaired) electrons. The molecule has 0 saturated carbocycles. The van der Waals surface area contributed by atoms with Gasteiger partial charge < -0.3 is 21.3 Å². The van der Waals surface area contributed by atoms with Crippen LogP contribution in [0.15, 0.2) is 11.5 Å². The lowest BCUT2D eigenvalue weighted by Gasteiger charge is -2.45. The van der Waals surface area contributed by atoms with Crippen molar-refractivity contribution < 1.29 is 4.79 Å². The molecule has 2 heterocycles. The second-order valence-electron chi connectivity index (χ2n) is 4.86. The molecule has 0 saturated heterocycles. The first-order valence-corrected chi connectivity index (χ1v) is 5.68. The first-order valence-electron chi connectivity index (χ1n) is 5.68. The van der Waals surface area contributed by atoms with E-state index in [-0.39, 0.29) is 18.0 Å². The second kappa shape index (κ2) is 3.78. The third kappa shape index (κ3) is 1.91. The van der Waals surface area contributed by atoms with Gasteiger partial charge in [-0.2, -0.15) is 0 Å². The van der Waals surface area contributed by atoms with Gasteiger partial charge in [-0.15, -0.1) is 0 Å². The minimum absolute atomic E-state index is 0.186. The predicted molar refractivity (Wildman–Crippen MR) is 64.1 cm³/mol. The fourth-order valence-electron chi connectivity index (χ4n) is 1.81. The Bertz CT molecular complexity index is 379. The molecule has 2 aliphatic heterocycles. The van der Waals surface area contributed by atoms with Crippen molar-refractivity contribution in [1.82, 2.24) is 26.2 Å². The molecule has 0 aromatic heterocycles. The van der Waals surface area contributed by atoms with Gasteiger partial charge in [-0.3, -0.25) is 15.4 Å². The summed E-state index contributed by atoms with van der Waals surface area (Å²) in [5.41, 5.74) is 6.57. The maximum atomic E-state index is 12.0. The zero-order valence-corrected chi connectivity index (χ0v) is 10.6. The van der Waals surface area contributed by atoms with E-state index in [2.05, 4.69) is 21.3 Å². The quantitative estimate of drug-likeness (QED) is 0.340. The lowest BCUT2D eigenvalue weighted by Crippen LogP contribution is -2.78. The summed E-state index contributed by atoms with van der Waals surface area (Å²) in [5.74, 6) is -0.623. The topological polar surface area (TPSA) is 94.4 Å². The van der Waals surface area contributed by atoms with Gasteiger partial charge in [-0.1, -0.05) is 0 Å². The molecule has 3 unspecified atom stereocenters. The number of carbonyl (C=O) groups is 1. The first-order chi connectivity index (χ1) is 7.83. The Balaban J connectivity index is 2.30. The molecule has 2 aliphatic rings. The molecule has 1 amide bonds. The average molecular weight is 240 g/mol. The van der Waals surface area contributed by atoms with Gasteiger partial charge in [0.15, 0.2) is 0 Å². The van der Waals surface area contributed by atoms with Crippen LogP contribution in [0.2, 0.25) is 0 Å². The van der Waals surface area contributed by atoms with Gasteiger partial charge in [0, 0.05) is 12.1 Å². The summed E-state index contributed by atoms with van der Waals surface area (Å²) in [4.78, 5) is 13.7. The summed E-state index contributed by atoms with van der Waals surface area (Å²) in [6, 6.07) is 0.407. The van der Waals surface area contributed by atoms with Crippen molar-refractivity contribution in [1.29, 1.82) is 0 Å². The summed E-state index contributed by atoms with van der Waals surface area (Å²) in [7, 11) is 3.59. The Labute approximate surface area is 101 Å². The molecule has 3 atom stereocenters. The predicted octanol–water partition coefficient (Wildman–Crippen LogP) is -2.02. The molecular weight excluding hydrogens is 220 g/mol. The van der Waals surface area contributed by atoms with Gasteiger partial charge in [-0.25, -0.2) is 0 Å². The minimum Gasteiger partial charge on any atom is -0.373 e. The third-order valence-electron chi connectivity index (χ3n) is 3.30. The molecule has 0 aliphatic carbocycles. The van der Waals surface area contributed by atoms with E-state index in [1.165, 1.54) is 0 Å². The maximum absolute atomic E-state index is 12.0. The van der Waals surface area contributed by atoms with Crippen LogP contribution in [0.5, 0.6) is 0 Å².